The molecule has 135 heavy (non-hydrogen) atoms. The number of aromatic hydroxyl groups is 1. The Bertz CT molecular complexity index is 5330. The van der Waals surface area contributed by atoms with E-state index in [1.54, 1.807) is 91.9 Å². The lowest BCUT2D eigenvalue weighted by Gasteiger charge is -2.38. The minimum atomic E-state index is -2.08. The number of nitrogens with zero attached hydrogens (tertiary/aromatic N) is 5. The van der Waals surface area contributed by atoms with E-state index in [4.69, 9.17) is 17.2 Å². The maximum absolute atomic E-state index is 15.7. The average molecular weight is 1900 g/mol. The van der Waals surface area contributed by atoms with E-state index in [0.717, 1.165) is 31.5 Å². The fraction of sp³-hybridized carbons (Fsp3) is 0.451. The Morgan fingerprint density at radius 2 is 0.993 bits per heavy atom. The number of fused-ring (bicyclic) bond motifs is 3. The lowest BCUT2D eigenvalue weighted by Crippen LogP contribution is -2.62. The first kappa shape index (κ1) is 105. The van der Waals surface area contributed by atoms with Gasteiger partial charge in [0.05, 0.1) is 37.3 Å². The molecule has 9 rings (SSSR count). The van der Waals surface area contributed by atoms with Crippen LogP contribution in [0.4, 0.5) is 13.2 Å². The van der Waals surface area contributed by atoms with Crippen LogP contribution in [0.15, 0.2) is 128 Å². The van der Waals surface area contributed by atoms with E-state index < -0.39 is 315 Å². The number of nitrogens with two attached hydrogens (primary N) is 3. The number of primary amides is 3. The number of hydrogen-bond donors (Lipinski definition) is 17. The van der Waals surface area contributed by atoms with Gasteiger partial charge >= 0.3 is 5.97 Å². The van der Waals surface area contributed by atoms with Crippen LogP contribution < -0.4 is 65.1 Å². The maximum atomic E-state index is 15.7. The number of aromatic nitrogens is 1. The quantitative estimate of drug-likeness (QED) is 0.0289. The van der Waals surface area contributed by atoms with Crippen molar-refractivity contribution in [1.82, 2.24) is 77.3 Å². The third-order valence-electron chi connectivity index (χ3n) is 23.4. The van der Waals surface area contributed by atoms with Gasteiger partial charge in [-0.3, -0.25) is 86.3 Å². The Labute approximate surface area is 778 Å². The Hall–Kier alpha value is -14.0. The van der Waals surface area contributed by atoms with Crippen LogP contribution in [0.5, 0.6) is 5.75 Å². The summed E-state index contributed by atoms with van der Waals surface area (Å²) in [4.78, 5) is 270. The molecule has 4 heterocycles. The molecule has 0 aliphatic carbocycles. The van der Waals surface area contributed by atoms with Crippen LogP contribution >= 0.6 is 11.8 Å². The van der Waals surface area contributed by atoms with Gasteiger partial charge in [0.1, 0.15) is 84.3 Å². The summed E-state index contributed by atoms with van der Waals surface area (Å²) in [5, 5.41) is 66.3. The van der Waals surface area contributed by atoms with Crippen LogP contribution in [0.2, 0.25) is 0 Å². The molecule has 44 heteroatoms. The number of amides is 17. The van der Waals surface area contributed by atoms with Gasteiger partial charge in [0.15, 0.2) is 17.5 Å². The number of carboxylic acid groups (broad SMARTS) is 1. The van der Waals surface area contributed by atoms with Gasteiger partial charge in [-0.2, -0.15) is 0 Å². The molecule has 0 radical (unpaired) electrons. The lowest BCUT2D eigenvalue weighted by molar-refractivity contribution is -0.152. The molecule has 6 aromatic rings. The molecule has 5 aromatic carbocycles. The number of rotatable bonds is 24. The number of nitrogens with one attached hydrogen (secondary N) is 10. The molecular formula is C91H113F3N18O22S. The lowest BCUT2D eigenvalue weighted by atomic mass is 9.98. The molecule has 20 N–H and O–H groups in total. The van der Waals surface area contributed by atoms with Crippen LogP contribution in [0.25, 0.3) is 10.9 Å². The van der Waals surface area contributed by atoms with Crippen LogP contribution in [0.1, 0.15) is 106 Å². The number of thioether (sulfide) groups is 1. The van der Waals surface area contributed by atoms with Crippen molar-refractivity contribution >= 4 is 129 Å². The second-order valence-electron chi connectivity index (χ2n) is 33.9. The normalized spacial score (nSPS) is 24.4. The summed E-state index contributed by atoms with van der Waals surface area (Å²) >= 11 is 0.552. The van der Waals surface area contributed by atoms with Crippen molar-refractivity contribution in [3.8, 4) is 5.75 Å². The fourth-order valence-corrected chi connectivity index (χ4v) is 17.1. The number of hydrogen-bond acceptors (Lipinski definition) is 22. The van der Waals surface area contributed by atoms with Gasteiger partial charge in [0.25, 0.3) is 0 Å². The first-order chi connectivity index (χ1) is 64.0. The number of para-hydroxylation sites is 1. The number of carbonyl (C=O) groups excluding carboxylic acids is 17. The van der Waals surface area contributed by atoms with Crippen LogP contribution in [0, 0.1) is 23.4 Å². The van der Waals surface area contributed by atoms with Gasteiger partial charge in [-0.25, -0.2) is 13.2 Å². The average Bonchev–Trinajstić information content (AvgIpc) is 1.68. The summed E-state index contributed by atoms with van der Waals surface area (Å²) in [5.74, 6) is -29.0. The first-order valence-corrected chi connectivity index (χ1v) is 44.8. The van der Waals surface area contributed by atoms with Crippen LogP contribution in [-0.4, -0.2) is 299 Å². The van der Waals surface area contributed by atoms with Crippen molar-refractivity contribution in [1.29, 1.82) is 0 Å². The first-order valence-electron chi connectivity index (χ1n) is 43.7. The van der Waals surface area contributed by atoms with Gasteiger partial charge in [0.2, 0.25) is 100 Å². The Morgan fingerprint density at radius 1 is 0.496 bits per heavy atom. The third kappa shape index (κ3) is 29.0. The van der Waals surface area contributed by atoms with Crippen molar-refractivity contribution < 1.29 is 120 Å². The van der Waals surface area contributed by atoms with Crippen molar-refractivity contribution in [2.24, 2.45) is 23.1 Å². The van der Waals surface area contributed by atoms with E-state index in [1.807, 2.05) is 0 Å². The van der Waals surface area contributed by atoms with E-state index >= 15 is 51.9 Å². The predicted molar refractivity (Wildman–Crippen MR) is 480 cm³/mol. The summed E-state index contributed by atoms with van der Waals surface area (Å²) in [6, 6.07) is 5.44. The highest BCUT2D eigenvalue weighted by molar-refractivity contribution is 8.00. The molecule has 0 bridgehead atoms. The summed E-state index contributed by atoms with van der Waals surface area (Å²) in [5.41, 5.74) is 18.3. The summed E-state index contributed by atoms with van der Waals surface area (Å²) in [6.45, 7) is 2.62. The van der Waals surface area contributed by atoms with Gasteiger partial charge in [-0.05, 0) is 76.9 Å². The molecule has 0 saturated carbocycles. The highest BCUT2D eigenvalue weighted by Gasteiger charge is 2.48. The number of carboxylic acids is 1. The number of aliphatic carboxylic acids is 1. The number of aliphatic hydroxyl groups excluding tert-OH is 2. The number of aromatic amines is 1. The molecule has 726 valence electrons. The molecule has 3 fully saturated rings. The van der Waals surface area contributed by atoms with Crippen molar-refractivity contribution in [2.45, 2.75) is 201 Å². The highest BCUT2D eigenvalue weighted by Crippen LogP contribution is 2.29. The molecule has 1 aromatic heterocycles. The molecule has 3 aliphatic heterocycles. The number of phenolic OH excluding ortho intramolecular Hbond substituents is 1. The van der Waals surface area contributed by atoms with Crippen molar-refractivity contribution in [3.05, 3.63) is 173 Å². The molecule has 3 saturated heterocycles. The highest BCUT2D eigenvalue weighted by atomic mass is 32.2. The Morgan fingerprint density at radius 3 is 1.56 bits per heavy atom. The zero-order valence-corrected chi connectivity index (χ0v) is 75.8. The molecule has 15 atom stereocenters. The second kappa shape index (κ2) is 48.6. The van der Waals surface area contributed by atoms with Crippen molar-refractivity contribution in [2.75, 3.05) is 52.3 Å². The topological polar surface area (TPSA) is 607 Å². The van der Waals surface area contributed by atoms with E-state index in [-0.39, 0.29) is 37.0 Å². The number of benzene rings is 5. The molecule has 17 amide bonds. The Balaban J connectivity index is 1.15. The van der Waals surface area contributed by atoms with E-state index in [9.17, 15) is 68.0 Å². The number of unbranched alkanes of at least 4 members (excludes halogenated alkanes) is 1. The second-order valence-corrected chi connectivity index (χ2v) is 34.9. The zero-order valence-electron chi connectivity index (χ0n) is 74.9. The zero-order chi connectivity index (χ0) is 98.9. The summed E-state index contributed by atoms with van der Waals surface area (Å²) in [7, 11) is 3.50. The van der Waals surface area contributed by atoms with Gasteiger partial charge < -0.3 is 115 Å². The Kier molecular flexibility index (Phi) is 37.7. The molecule has 0 spiro atoms. The standard InChI is InChI=1S/C91H113F3N18O22S/c1-7-8-23-67-90(133)112-44-55(115)38-70(112)86(129)105-64(40-76(120)121)83(126)107-78(47(2)3)91(134)109(5)68(34-48-17-11-9-12-18-48)84(127)101-60(28-29-72(95)116)88(131)111-43-54(114)37-69(111)85(128)104-62(36-52-41-98-59-22-16-15-21-56(52)59)81(124)102-61(32-50-24-26-53(113)27-25-50)80(123)103-63(39-73(96)117)82(125)106-66(79(122)99-42-74(97)118)45-135-46-75(119)100-65(33-51-30-57(92)77(94)58(93)31-51)87(130)110(6)71(89(132)108(67)4)35-49-19-13-10-14-20-49/h9-22,24-27,30-31,41,47,54-55,60-71,78,98,113-115H,7-8,23,28-29,32-40,42-46H2,1-6H3,(H2,95,116)(H2,96,117)(H2,97,118)(H,99,122)(H,100,119)(H,101,127)(H,102,124)(H,103,123)(H,104,128)(H,105,129)(H,106,125)(H,107,126)(H,120,121)/t54-,55-,60+,61+,62+,63-,64+,65-,66+,67+,68-,69-,70-,71+,78+/m1/s1. The van der Waals surface area contributed by atoms with E-state index in [1.165, 1.54) is 58.4 Å². The number of carbonyl (C=O) groups is 18. The van der Waals surface area contributed by atoms with Crippen LogP contribution in [-0.2, 0) is 118 Å². The molecule has 40 nitrogen and oxygen atoms in total. The molecular weight excluding hydrogens is 1790 g/mol. The van der Waals surface area contributed by atoms with Gasteiger partial charge in [-0.15, -0.1) is 11.8 Å². The fourth-order valence-electron chi connectivity index (χ4n) is 16.2. The minimum Gasteiger partial charge on any atom is -0.508 e. The van der Waals surface area contributed by atoms with Gasteiger partial charge in [0, 0.05) is 108 Å². The number of phenols is 1. The molecule has 3 aliphatic rings. The van der Waals surface area contributed by atoms with Crippen molar-refractivity contribution in [3.63, 3.8) is 0 Å². The summed E-state index contributed by atoms with van der Waals surface area (Å²) < 4.78 is 45.0. The van der Waals surface area contributed by atoms with Crippen LogP contribution in [0.3, 0.4) is 0 Å². The minimum absolute atomic E-state index is 0.164. The smallest absolute Gasteiger partial charge is 0.305 e. The SMILES string of the molecule is CCCC[C@H]1C(=O)N2C[C@H](O)C[C@@H]2C(=O)N[C@@H](CC(=O)O)C(=O)N[C@@H](C(C)C)C(=O)N(C)[C@H](Cc2ccccc2)C(=O)N[C@@H](CCC(N)=O)C(=O)N2C[C@H](O)C[C@@H]2C(=O)N[C@@H](Cc2c[nH]c3ccccc23)C(=O)N[C@@H](Cc2ccc(O)cc2)C(=O)N[C@H](CC(N)=O)C(=O)N[C@H](C(=O)NCC(N)=O)CSCC(=O)N[C@H](Cc2cc(F)c(F)c(F)c2)C(=O)N(C)[C@@H](Cc2ccccc2)C(=O)N1C. The van der Waals surface area contributed by atoms with Gasteiger partial charge in [-0.1, -0.05) is 125 Å². The van der Waals surface area contributed by atoms with E-state index in [0.29, 0.717) is 57.9 Å². The maximum Gasteiger partial charge on any atom is 0.305 e. The number of likely N-dealkylation sites (N-methyl/N-ethyl adjacent to an activating group) is 3. The predicted octanol–water partition coefficient (Wildman–Crippen LogP) is -2.10. The number of H-pyrrole nitrogens is 1. The number of aliphatic hydroxyl groups is 2. The third-order valence-corrected chi connectivity index (χ3v) is 24.5. The number of halogens is 3. The monoisotopic (exact) mass is 1900 g/mol. The van der Waals surface area contributed by atoms with E-state index in [2.05, 4.69) is 52.8 Å². The largest absolute Gasteiger partial charge is 0.508 e. The summed E-state index contributed by atoms with van der Waals surface area (Å²) in [6.07, 6.45) is -8.02. The molecule has 0 unspecified atom stereocenters.